The van der Waals surface area contributed by atoms with Crippen molar-refractivity contribution in [2.45, 2.75) is 52.7 Å². The number of guanidine groups is 1. The molecular formula is C21H34N4O2. The summed E-state index contributed by atoms with van der Waals surface area (Å²) in [6.45, 7) is 13.9. The van der Waals surface area contributed by atoms with Crippen LogP contribution in [-0.4, -0.2) is 55.8 Å². The van der Waals surface area contributed by atoms with Gasteiger partial charge in [-0.1, -0.05) is 19.1 Å². The maximum Gasteiger partial charge on any atom is 0.191 e. The summed E-state index contributed by atoms with van der Waals surface area (Å²) in [6, 6.07) is 7.05. The van der Waals surface area contributed by atoms with Gasteiger partial charge >= 0.3 is 0 Å². The Kier molecular flexibility index (Phi) is 6.83. The molecule has 2 unspecified atom stereocenters. The maximum absolute atomic E-state index is 5.92. The van der Waals surface area contributed by atoms with Crippen molar-refractivity contribution in [3.8, 4) is 11.5 Å². The Hall–Kier alpha value is -1.95. The van der Waals surface area contributed by atoms with Crippen LogP contribution in [0.5, 0.6) is 11.5 Å². The summed E-state index contributed by atoms with van der Waals surface area (Å²) in [5, 5.41) is 7.02. The van der Waals surface area contributed by atoms with E-state index in [1.54, 1.807) is 0 Å². The van der Waals surface area contributed by atoms with Crippen LogP contribution in [0.4, 0.5) is 0 Å². The van der Waals surface area contributed by atoms with Gasteiger partial charge in [0.05, 0.1) is 19.8 Å². The fourth-order valence-electron chi connectivity index (χ4n) is 3.65. The zero-order chi connectivity index (χ0) is 19.2. The minimum Gasteiger partial charge on any atom is -0.490 e. The number of nitrogens with one attached hydrogen (secondary N) is 2. The number of hydrogen-bond donors (Lipinski definition) is 2. The van der Waals surface area contributed by atoms with E-state index in [2.05, 4.69) is 49.3 Å². The molecule has 1 aromatic carbocycles. The van der Waals surface area contributed by atoms with Crippen molar-refractivity contribution in [2.75, 3.05) is 32.8 Å². The highest BCUT2D eigenvalue weighted by Crippen LogP contribution is 2.33. The third-order valence-electron chi connectivity index (χ3n) is 5.30. The fourth-order valence-corrected chi connectivity index (χ4v) is 3.65. The van der Waals surface area contributed by atoms with E-state index >= 15 is 0 Å². The van der Waals surface area contributed by atoms with E-state index < -0.39 is 0 Å². The van der Waals surface area contributed by atoms with E-state index in [9.17, 15) is 0 Å². The third-order valence-corrected chi connectivity index (χ3v) is 5.30. The van der Waals surface area contributed by atoms with Crippen LogP contribution in [0.25, 0.3) is 0 Å². The van der Waals surface area contributed by atoms with Gasteiger partial charge in [0, 0.05) is 43.7 Å². The molecule has 1 fully saturated rings. The number of benzene rings is 1. The SMILES string of the molecule is CCNC(=NCc1cccc2c1OCCCO2)NC1CN(C(C)C)CC1C. The second kappa shape index (κ2) is 9.31. The van der Waals surface area contributed by atoms with Crippen molar-refractivity contribution in [1.29, 1.82) is 0 Å². The van der Waals surface area contributed by atoms with Crippen LogP contribution in [0.15, 0.2) is 23.2 Å². The minimum atomic E-state index is 0.415. The minimum absolute atomic E-state index is 0.415. The number of ether oxygens (including phenoxy) is 2. The molecule has 0 spiro atoms. The summed E-state index contributed by atoms with van der Waals surface area (Å²) in [4.78, 5) is 7.35. The second-order valence-electron chi connectivity index (χ2n) is 7.77. The molecular weight excluding hydrogens is 340 g/mol. The summed E-state index contributed by atoms with van der Waals surface area (Å²) < 4.78 is 11.7. The van der Waals surface area contributed by atoms with Crippen LogP contribution in [0.3, 0.4) is 0 Å². The van der Waals surface area contributed by atoms with Crippen LogP contribution < -0.4 is 20.1 Å². The Balaban J connectivity index is 1.70. The molecule has 1 aromatic rings. The normalized spacial score (nSPS) is 23.4. The largest absolute Gasteiger partial charge is 0.490 e. The molecule has 0 radical (unpaired) electrons. The van der Waals surface area contributed by atoms with Crippen LogP contribution in [0.1, 0.15) is 39.7 Å². The van der Waals surface area contributed by atoms with Crippen LogP contribution in [0.2, 0.25) is 0 Å². The van der Waals surface area contributed by atoms with Gasteiger partial charge in [-0.3, -0.25) is 4.90 Å². The van der Waals surface area contributed by atoms with Crippen molar-refractivity contribution in [2.24, 2.45) is 10.9 Å². The van der Waals surface area contributed by atoms with E-state index in [0.29, 0.717) is 37.8 Å². The van der Waals surface area contributed by atoms with Crippen molar-refractivity contribution < 1.29 is 9.47 Å². The van der Waals surface area contributed by atoms with Gasteiger partial charge in [-0.2, -0.15) is 0 Å². The van der Waals surface area contributed by atoms with Crippen LogP contribution in [0, 0.1) is 5.92 Å². The predicted molar refractivity (Wildman–Crippen MR) is 110 cm³/mol. The van der Waals surface area contributed by atoms with Crippen molar-refractivity contribution in [3.05, 3.63) is 23.8 Å². The number of nitrogens with zero attached hydrogens (tertiary/aromatic N) is 2. The van der Waals surface area contributed by atoms with Crippen molar-refractivity contribution in [1.82, 2.24) is 15.5 Å². The van der Waals surface area contributed by atoms with Crippen LogP contribution in [-0.2, 0) is 6.54 Å². The standard InChI is InChI=1S/C21H34N4O2/c1-5-22-21(24-18-14-25(15(2)3)13-16(18)4)23-12-17-8-6-9-19-20(17)27-11-7-10-26-19/h6,8-9,15-16,18H,5,7,10-14H2,1-4H3,(H2,22,23,24). The zero-order valence-electron chi connectivity index (χ0n) is 17.1. The number of rotatable bonds is 5. The molecule has 0 aromatic heterocycles. The molecule has 27 heavy (non-hydrogen) atoms. The molecule has 0 amide bonds. The number of fused-ring (bicyclic) bond motifs is 1. The Morgan fingerprint density at radius 2 is 2.07 bits per heavy atom. The van der Waals surface area contributed by atoms with Crippen LogP contribution >= 0.6 is 0 Å². The van der Waals surface area contributed by atoms with Gasteiger partial charge < -0.3 is 20.1 Å². The van der Waals surface area contributed by atoms with E-state index in [0.717, 1.165) is 49.1 Å². The molecule has 2 N–H and O–H groups in total. The highest BCUT2D eigenvalue weighted by molar-refractivity contribution is 5.80. The maximum atomic E-state index is 5.92. The molecule has 150 valence electrons. The average molecular weight is 375 g/mol. The Morgan fingerprint density at radius 3 is 2.81 bits per heavy atom. The first-order valence-electron chi connectivity index (χ1n) is 10.2. The quantitative estimate of drug-likeness (QED) is 0.613. The molecule has 6 heteroatoms. The number of likely N-dealkylation sites (tertiary alicyclic amines) is 1. The van der Waals surface area contributed by atoms with Gasteiger partial charge in [0.25, 0.3) is 0 Å². The summed E-state index contributed by atoms with van der Waals surface area (Å²) in [6.07, 6.45) is 0.910. The Morgan fingerprint density at radius 1 is 1.26 bits per heavy atom. The number of hydrogen-bond acceptors (Lipinski definition) is 4. The molecule has 6 nitrogen and oxygen atoms in total. The number of aliphatic imine (C=N–C) groups is 1. The van der Waals surface area contributed by atoms with E-state index in [1.807, 2.05) is 12.1 Å². The zero-order valence-corrected chi connectivity index (χ0v) is 17.1. The fraction of sp³-hybridized carbons (Fsp3) is 0.667. The van der Waals surface area contributed by atoms with Gasteiger partial charge in [-0.15, -0.1) is 0 Å². The first-order chi connectivity index (χ1) is 13.1. The molecule has 2 aliphatic heterocycles. The topological polar surface area (TPSA) is 58.1 Å². The van der Waals surface area contributed by atoms with Gasteiger partial charge in [-0.25, -0.2) is 4.99 Å². The highest BCUT2D eigenvalue weighted by atomic mass is 16.5. The van der Waals surface area contributed by atoms with Gasteiger partial charge in [0.1, 0.15) is 0 Å². The molecule has 1 saturated heterocycles. The summed E-state index contributed by atoms with van der Waals surface area (Å²) >= 11 is 0. The summed E-state index contributed by atoms with van der Waals surface area (Å²) in [7, 11) is 0. The first-order valence-corrected chi connectivity index (χ1v) is 10.2. The third kappa shape index (κ3) is 5.06. The average Bonchev–Trinajstić information content (AvgIpc) is 2.86. The summed E-state index contributed by atoms with van der Waals surface area (Å²) in [5.74, 6) is 3.14. The number of para-hydroxylation sites is 1. The second-order valence-corrected chi connectivity index (χ2v) is 7.77. The molecule has 0 bridgehead atoms. The van der Waals surface area contributed by atoms with Gasteiger partial charge in [0.15, 0.2) is 17.5 Å². The van der Waals surface area contributed by atoms with E-state index in [1.165, 1.54) is 0 Å². The first kappa shape index (κ1) is 19.8. The molecule has 2 aliphatic rings. The lowest BCUT2D eigenvalue weighted by Crippen LogP contribution is -2.46. The molecule has 0 aliphatic carbocycles. The Bertz CT molecular complexity index is 647. The molecule has 3 rings (SSSR count). The van der Waals surface area contributed by atoms with E-state index in [-0.39, 0.29) is 0 Å². The summed E-state index contributed by atoms with van der Waals surface area (Å²) in [5.41, 5.74) is 1.06. The van der Waals surface area contributed by atoms with Crippen molar-refractivity contribution in [3.63, 3.8) is 0 Å². The van der Waals surface area contributed by atoms with Gasteiger partial charge in [-0.05, 0) is 32.8 Å². The lowest BCUT2D eigenvalue weighted by atomic mass is 10.1. The molecule has 0 saturated carbocycles. The van der Waals surface area contributed by atoms with E-state index in [4.69, 9.17) is 14.5 Å². The Labute approximate surface area is 163 Å². The molecule has 2 heterocycles. The van der Waals surface area contributed by atoms with Crippen molar-refractivity contribution >= 4 is 5.96 Å². The lowest BCUT2D eigenvalue weighted by Gasteiger charge is -2.22. The lowest BCUT2D eigenvalue weighted by molar-refractivity contribution is 0.265. The van der Waals surface area contributed by atoms with Gasteiger partial charge in [0.2, 0.25) is 0 Å². The smallest absolute Gasteiger partial charge is 0.191 e. The highest BCUT2D eigenvalue weighted by Gasteiger charge is 2.31. The monoisotopic (exact) mass is 374 g/mol. The predicted octanol–water partition coefficient (Wildman–Crippen LogP) is 2.63. The molecule has 2 atom stereocenters.